The van der Waals surface area contributed by atoms with E-state index in [1.807, 2.05) is 12.1 Å². The lowest BCUT2D eigenvalue weighted by molar-refractivity contribution is 0.991. The molecule has 8 rings (SSSR count). The van der Waals surface area contributed by atoms with Crippen molar-refractivity contribution in [2.75, 3.05) is 4.90 Å². The van der Waals surface area contributed by atoms with Gasteiger partial charge in [0.2, 0.25) is 0 Å². The molecule has 51 heavy (non-hydrogen) atoms. The van der Waals surface area contributed by atoms with E-state index in [-0.39, 0.29) is 0 Å². The van der Waals surface area contributed by atoms with Crippen LogP contribution in [0, 0.1) is 0 Å². The topological polar surface area (TPSA) is 3.24 Å². The van der Waals surface area contributed by atoms with Crippen molar-refractivity contribution < 1.29 is 0 Å². The van der Waals surface area contributed by atoms with E-state index in [0.717, 1.165) is 35.4 Å². The first-order valence-electron chi connectivity index (χ1n) is 17.6. The van der Waals surface area contributed by atoms with Gasteiger partial charge in [-0.05, 0) is 121 Å². The first-order chi connectivity index (χ1) is 25.2. The smallest absolute Gasteiger partial charge is 0.0455 e. The van der Waals surface area contributed by atoms with Crippen LogP contribution in [0.5, 0.6) is 0 Å². The van der Waals surface area contributed by atoms with Crippen LogP contribution in [0.4, 0.5) is 5.69 Å². The Kier molecular flexibility index (Phi) is 8.85. The van der Waals surface area contributed by atoms with E-state index in [1.54, 1.807) is 0 Å². The van der Waals surface area contributed by atoms with Gasteiger partial charge in [0.1, 0.15) is 0 Å². The number of fused-ring (bicyclic) bond motifs is 4. The Labute approximate surface area is 300 Å². The van der Waals surface area contributed by atoms with Crippen molar-refractivity contribution in [1.82, 2.24) is 0 Å². The van der Waals surface area contributed by atoms with Crippen LogP contribution in [0.15, 0.2) is 195 Å². The summed E-state index contributed by atoms with van der Waals surface area (Å²) < 4.78 is 0. The standard InChI is InChI=1S/C50H39N/c1-3-38(49-45-23-11-7-18-40(45)34-41-19-8-12-24-46(41)49)22-15-33-51(36(2)27-28-37-16-5-4-6-17-37)44-31-29-39(30-32-44)50-47-25-13-9-20-42(47)35-43-21-10-14-26-48(43)50/h3-13,15-25,27-35H,1-2,14,26H2. The molecule has 1 aliphatic rings. The van der Waals surface area contributed by atoms with Crippen molar-refractivity contribution in [2.24, 2.45) is 0 Å². The number of benzene rings is 7. The van der Waals surface area contributed by atoms with Crippen LogP contribution in [0.25, 0.3) is 61.2 Å². The maximum Gasteiger partial charge on any atom is 0.0455 e. The second kappa shape index (κ2) is 14.2. The third-order valence-electron chi connectivity index (χ3n) is 9.85. The maximum absolute atomic E-state index is 4.52. The number of allylic oxidation sites excluding steroid dienone is 6. The lowest BCUT2D eigenvalue weighted by Gasteiger charge is -2.23. The fraction of sp³-hybridized carbons (Fsp3) is 0.0400. The molecule has 0 fully saturated rings. The fourth-order valence-corrected chi connectivity index (χ4v) is 7.38. The van der Waals surface area contributed by atoms with Crippen LogP contribution in [-0.4, -0.2) is 0 Å². The second-order valence-electron chi connectivity index (χ2n) is 13.0. The predicted octanol–water partition coefficient (Wildman–Crippen LogP) is 13.6. The summed E-state index contributed by atoms with van der Waals surface area (Å²) in [4.78, 5) is 2.16. The molecule has 0 unspecified atom stereocenters. The minimum Gasteiger partial charge on any atom is -0.318 e. The highest BCUT2D eigenvalue weighted by atomic mass is 15.1. The van der Waals surface area contributed by atoms with Gasteiger partial charge < -0.3 is 4.90 Å². The Balaban J connectivity index is 1.20. The Morgan fingerprint density at radius 2 is 1.29 bits per heavy atom. The number of hydrogen-bond donors (Lipinski definition) is 0. The van der Waals surface area contributed by atoms with Crippen LogP contribution in [-0.2, 0) is 6.42 Å². The van der Waals surface area contributed by atoms with E-state index in [1.165, 1.54) is 60.1 Å². The van der Waals surface area contributed by atoms with Gasteiger partial charge in [-0.25, -0.2) is 0 Å². The van der Waals surface area contributed by atoms with Gasteiger partial charge in [-0.15, -0.1) is 0 Å². The molecule has 0 aliphatic heterocycles. The third-order valence-corrected chi connectivity index (χ3v) is 9.85. The van der Waals surface area contributed by atoms with Crippen molar-refractivity contribution >= 4 is 55.7 Å². The van der Waals surface area contributed by atoms with Gasteiger partial charge in [0.25, 0.3) is 0 Å². The van der Waals surface area contributed by atoms with Gasteiger partial charge in [-0.2, -0.15) is 0 Å². The van der Waals surface area contributed by atoms with Crippen LogP contribution < -0.4 is 4.90 Å². The maximum atomic E-state index is 4.52. The Morgan fingerprint density at radius 1 is 0.667 bits per heavy atom. The molecule has 1 nitrogen and oxygen atoms in total. The average molecular weight is 654 g/mol. The first kappa shape index (κ1) is 31.8. The van der Waals surface area contributed by atoms with Crippen LogP contribution in [0.1, 0.15) is 28.7 Å². The van der Waals surface area contributed by atoms with Gasteiger partial charge in [0.05, 0.1) is 0 Å². The summed E-state index contributed by atoms with van der Waals surface area (Å²) in [5.41, 5.74) is 10.6. The molecular weight excluding hydrogens is 615 g/mol. The van der Waals surface area contributed by atoms with Crippen molar-refractivity contribution in [1.29, 1.82) is 0 Å². The van der Waals surface area contributed by atoms with E-state index < -0.39 is 0 Å². The molecule has 0 bridgehead atoms. The zero-order valence-corrected chi connectivity index (χ0v) is 28.7. The number of rotatable bonds is 9. The highest BCUT2D eigenvalue weighted by Gasteiger charge is 2.16. The lowest BCUT2D eigenvalue weighted by Crippen LogP contribution is -2.12. The van der Waals surface area contributed by atoms with E-state index in [0.29, 0.717) is 0 Å². The largest absolute Gasteiger partial charge is 0.318 e. The molecule has 0 atom stereocenters. The summed E-state index contributed by atoms with van der Waals surface area (Å²) in [6.07, 6.45) is 19.2. The van der Waals surface area contributed by atoms with Gasteiger partial charge in [0, 0.05) is 17.6 Å². The fourth-order valence-electron chi connectivity index (χ4n) is 7.38. The third kappa shape index (κ3) is 6.38. The Hall–Kier alpha value is -6.44. The zero-order valence-electron chi connectivity index (χ0n) is 28.7. The van der Waals surface area contributed by atoms with Crippen LogP contribution in [0.2, 0.25) is 0 Å². The van der Waals surface area contributed by atoms with Crippen molar-refractivity contribution in [3.63, 3.8) is 0 Å². The molecule has 0 radical (unpaired) electrons. The van der Waals surface area contributed by atoms with Crippen molar-refractivity contribution in [3.05, 3.63) is 217 Å². The van der Waals surface area contributed by atoms with Crippen LogP contribution >= 0.6 is 0 Å². The number of anilines is 1. The Morgan fingerprint density at radius 3 is 1.98 bits per heavy atom. The Bertz CT molecular complexity index is 2490. The number of nitrogens with zero attached hydrogens (tertiary/aromatic N) is 1. The highest BCUT2D eigenvalue weighted by molar-refractivity contribution is 6.10. The average Bonchev–Trinajstić information content (AvgIpc) is 3.19. The minimum absolute atomic E-state index is 0.861. The van der Waals surface area contributed by atoms with E-state index in [2.05, 4.69) is 194 Å². The molecule has 1 aliphatic carbocycles. The van der Waals surface area contributed by atoms with E-state index in [9.17, 15) is 0 Å². The molecule has 0 heterocycles. The molecule has 0 amide bonds. The molecule has 1 heteroatoms. The monoisotopic (exact) mass is 653 g/mol. The molecule has 7 aromatic carbocycles. The normalized spacial score (nSPS) is 13.0. The molecule has 0 N–H and O–H groups in total. The summed E-state index contributed by atoms with van der Waals surface area (Å²) in [7, 11) is 0. The summed E-state index contributed by atoms with van der Waals surface area (Å²) in [5, 5.41) is 7.43. The molecule has 0 saturated carbocycles. The molecular formula is C50H39N. The van der Waals surface area contributed by atoms with Crippen molar-refractivity contribution in [3.8, 4) is 11.1 Å². The SMILES string of the molecule is C=CC(=CC=CN(C(=C)C=Cc1ccccc1)c1ccc(-c2c3c(cc4ccccc24)C=CCC3)cc1)c1c2ccccc2cc2ccccc12. The van der Waals surface area contributed by atoms with E-state index in [4.69, 9.17) is 0 Å². The van der Waals surface area contributed by atoms with E-state index >= 15 is 0 Å². The molecule has 0 spiro atoms. The predicted molar refractivity (Wildman–Crippen MR) is 223 cm³/mol. The van der Waals surface area contributed by atoms with Gasteiger partial charge >= 0.3 is 0 Å². The van der Waals surface area contributed by atoms with Crippen molar-refractivity contribution in [2.45, 2.75) is 12.8 Å². The zero-order chi connectivity index (χ0) is 34.6. The minimum atomic E-state index is 0.861. The van der Waals surface area contributed by atoms with Crippen LogP contribution in [0.3, 0.4) is 0 Å². The second-order valence-corrected chi connectivity index (χ2v) is 13.0. The molecule has 7 aromatic rings. The van der Waals surface area contributed by atoms with Gasteiger partial charge in [0.15, 0.2) is 0 Å². The summed E-state index contributed by atoms with van der Waals surface area (Å²) in [6.45, 7) is 8.77. The first-order valence-corrected chi connectivity index (χ1v) is 17.6. The summed E-state index contributed by atoms with van der Waals surface area (Å²) >= 11 is 0. The molecule has 0 aromatic heterocycles. The summed E-state index contributed by atoms with van der Waals surface area (Å²) in [5.74, 6) is 0. The quantitative estimate of drug-likeness (QED) is 0.111. The number of hydrogen-bond acceptors (Lipinski definition) is 1. The lowest BCUT2D eigenvalue weighted by atomic mass is 9.85. The van der Waals surface area contributed by atoms with Gasteiger partial charge in [-0.3, -0.25) is 0 Å². The van der Waals surface area contributed by atoms with Gasteiger partial charge in [-0.1, -0.05) is 159 Å². The summed E-state index contributed by atoms with van der Waals surface area (Å²) in [6, 6.07) is 49.8. The molecule has 0 saturated heterocycles. The highest BCUT2D eigenvalue weighted by Crippen LogP contribution is 2.39. The molecule has 244 valence electrons.